The number of benzene rings is 1. The van der Waals surface area contributed by atoms with Crippen LogP contribution in [-0.4, -0.2) is 44.8 Å². The van der Waals surface area contributed by atoms with Crippen LogP contribution in [0, 0.1) is 0 Å². The average molecular weight is 296 g/mol. The van der Waals surface area contributed by atoms with Crippen LogP contribution in [0.4, 0.5) is 11.4 Å². The summed E-state index contributed by atoms with van der Waals surface area (Å²) in [5.74, 6) is -0.0988. The van der Waals surface area contributed by atoms with Crippen LogP contribution < -0.4 is 15.1 Å². The van der Waals surface area contributed by atoms with Gasteiger partial charge in [0, 0.05) is 19.8 Å². The fourth-order valence-corrected chi connectivity index (χ4v) is 1.92. The van der Waals surface area contributed by atoms with Gasteiger partial charge in [-0.05, 0) is 31.0 Å². The van der Waals surface area contributed by atoms with E-state index < -0.39 is 5.97 Å². The predicted molar refractivity (Wildman–Crippen MR) is 76.7 cm³/mol. The summed E-state index contributed by atoms with van der Waals surface area (Å²) in [5, 5.41) is 13.9. The number of carbonyl (C=O) groups excluding carboxylic acids is 1. The van der Waals surface area contributed by atoms with Crippen LogP contribution in [0.15, 0.2) is 18.2 Å². The van der Waals surface area contributed by atoms with E-state index in [1.54, 1.807) is 25.3 Å². The molecule has 21 heavy (non-hydrogen) atoms. The third kappa shape index (κ3) is 3.77. The Morgan fingerprint density at radius 2 is 2.14 bits per heavy atom. The number of rotatable bonds is 7. The number of esters is 1. The highest BCUT2D eigenvalue weighted by molar-refractivity contribution is 5.72. The van der Waals surface area contributed by atoms with Gasteiger partial charge in [0.2, 0.25) is 0 Å². The molecule has 0 bridgehead atoms. The maximum atomic E-state index is 11.1. The van der Waals surface area contributed by atoms with E-state index in [-0.39, 0.29) is 12.3 Å². The first-order valence-electron chi connectivity index (χ1n) is 6.59. The van der Waals surface area contributed by atoms with Gasteiger partial charge in [-0.3, -0.25) is 10.3 Å². The van der Waals surface area contributed by atoms with Crippen LogP contribution in [0.3, 0.4) is 0 Å². The molecule has 116 valence electrons. The Kier molecular flexibility index (Phi) is 4.54. The molecular weight excluding hydrogens is 276 g/mol. The summed E-state index contributed by atoms with van der Waals surface area (Å²) < 4.78 is 15.3. The Balaban J connectivity index is 2.13. The van der Waals surface area contributed by atoms with Gasteiger partial charge in [0.05, 0.1) is 7.11 Å². The van der Waals surface area contributed by atoms with Gasteiger partial charge in [-0.25, -0.2) is 4.79 Å². The van der Waals surface area contributed by atoms with Crippen molar-refractivity contribution in [1.82, 2.24) is 0 Å². The van der Waals surface area contributed by atoms with E-state index in [0.29, 0.717) is 11.4 Å². The topological polar surface area (TPSA) is 80.3 Å². The summed E-state index contributed by atoms with van der Waals surface area (Å²) in [4.78, 5) is 11.1. The minimum absolute atomic E-state index is 0.216. The lowest BCUT2D eigenvalue weighted by atomic mass is 10.2. The Morgan fingerprint density at radius 3 is 2.67 bits per heavy atom. The van der Waals surface area contributed by atoms with Crippen molar-refractivity contribution in [2.75, 3.05) is 38.3 Å². The smallest absolute Gasteiger partial charge is 0.343 e. The minimum atomic E-state index is -0.486. The summed E-state index contributed by atoms with van der Waals surface area (Å²) in [6.07, 6.45) is 1.88. The highest BCUT2D eigenvalue weighted by Crippen LogP contribution is 2.40. The van der Waals surface area contributed by atoms with E-state index in [1.807, 2.05) is 0 Å². The van der Waals surface area contributed by atoms with Crippen LogP contribution in [0.25, 0.3) is 0 Å². The molecule has 7 nitrogen and oxygen atoms in total. The first kappa shape index (κ1) is 15.4. The average Bonchev–Trinajstić information content (AvgIpc) is 3.25. The lowest BCUT2D eigenvalue weighted by molar-refractivity contribution is -0.142. The van der Waals surface area contributed by atoms with Gasteiger partial charge >= 0.3 is 5.97 Å². The Labute approximate surface area is 123 Å². The summed E-state index contributed by atoms with van der Waals surface area (Å²) in [6.45, 7) is -0.216. The van der Waals surface area contributed by atoms with E-state index in [2.05, 4.69) is 10.1 Å². The van der Waals surface area contributed by atoms with Crippen molar-refractivity contribution in [2.24, 2.45) is 0 Å². The zero-order chi connectivity index (χ0) is 15.5. The summed E-state index contributed by atoms with van der Waals surface area (Å²) in [7, 11) is 4.43. The van der Waals surface area contributed by atoms with Gasteiger partial charge in [-0.1, -0.05) is 0 Å². The van der Waals surface area contributed by atoms with Gasteiger partial charge in [0.25, 0.3) is 0 Å². The fourth-order valence-electron chi connectivity index (χ4n) is 1.92. The molecule has 1 fully saturated rings. The van der Waals surface area contributed by atoms with Gasteiger partial charge in [0.1, 0.15) is 17.2 Å². The van der Waals surface area contributed by atoms with Crippen molar-refractivity contribution >= 4 is 17.3 Å². The molecule has 1 saturated carbocycles. The number of carbonyl (C=O) groups is 1. The lowest BCUT2D eigenvalue weighted by Crippen LogP contribution is -2.23. The monoisotopic (exact) mass is 296 g/mol. The number of methoxy groups -OCH3 is 2. The second-order valence-electron chi connectivity index (χ2n) is 4.89. The second-order valence-corrected chi connectivity index (χ2v) is 4.89. The molecule has 0 atom stereocenters. The number of nitrogens with one attached hydrogen (secondary N) is 1. The van der Waals surface area contributed by atoms with Gasteiger partial charge in [-0.2, -0.15) is 0 Å². The largest absolute Gasteiger partial charge is 0.480 e. The molecule has 0 heterocycles. The Bertz CT molecular complexity index is 514. The van der Waals surface area contributed by atoms with Crippen LogP contribution in [0.5, 0.6) is 5.75 Å². The lowest BCUT2D eigenvalue weighted by Gasteiger charge is -2.20. The molecular formula is C14H20N2O5. The third-order valence-electron chi connectivity index (χ3n) is 3.35. The van der Waals surface area contributed by atoms with Crippen molar-refractivity contribution in [3.63, 3.8) is 0 Å². The van der Waals surface area contributed by atoms with Crippen molar-refractivity contribution in [2.45, 2.75) is 18.6 Å². The Hall–Kier alpha value is -1.99. The molecule has 7 heteroatoms. The van der Waals surface area contributed by atoms with E-state index in [1.165, 1.54) is 14.2 Å². The second kappa shape index (κ2) is 6.19. The SMILES string of the molecule is COC(=O)COc1ccc(NC2(OC)CC2)cc1N(C)O. The van der Waals surface area contributed by atoms with E-state index in [4.69, 9.17) is 9.47 Å². The number of ether oxygens (including phenoxy) is 3. The molecule has 1 aromatic rings. The highest BCUT2D eigenvalue weighted by atomic mass is 16.6. The number of anilines is 2. The molecule has 1 aliphatic rings. The van der Waals surface area contributed by atoms with E-state index in [9.17, 15) is 10.0 Å². The molecule has 0 saturated heterocycles. The molecule has 0 radical (unpaired) electrons. The molecule has 2 rings (SSSR count). The maximum Gasteiger partial charge on any atom is 0.343 e. The van der Waals surface area contributed by atoms with Crippen molar-refractivity contribution in [3.05, 3.63) is 18.2 Å². The van der Waals surface area contributed by atoms with Gasteiger partial charge in [-0.15, -0.1) is 0 Å². The van der Waals surface area contributed by atoms with Gasteiger partial charge in [0.15, 0.2) is 6.61 Å². The first-order valence-corrected chi connectivity index (χ1v) is 6.59. The summed E-state index contributed by atoms with van der Waals surface area (Å²) in [6, 6.07) is 5.21. The van der Waals surface area contributed by atoms with E-state index in [0.717, 1.165) is 23.6 Å². The molecule has 1 aliphatic carbocycles. The number of hydrogen-bond acceptors (Lipinski definition) is 7. The number of nitrogens with zero attached hydrogens (tertiary/aromatic N) is 1. The zero-order valence-corrected chi connectivity index (χ0v) is 12.4. The Morgan fingerprint density at radius 1 is 1.43 bits per heavy atom. The highest BCUT2D eigenvalue weighted by Gasteiger charge is 2.43. The zero-order valence-electron chi connectivity index (χ0n) is 12.4. The minimum Gasteiger partial charge on any atom is -0.480 e. The molecule has 1 aromatic carbocycles. The fraction of sp³-hybridized carbons (Fsp3) is 0.500. The summed E-state index contributed by atoms with van der Waals surface area (Å²) >= 11 is 0. The van der Waals surface area contributed by atoms with Gasteiger partial charge < -0.3 is 19.5 Å². The predicted octanol–water partition coefficient (Wildman–Crippen LogP) is 1.61. The van der Waals surface area contributed by atoms with Crippen LogP contribution in [0.2, 0.25) is 0 Å². The van der Waals surface area contributed by atoms with E-state index >= 15 is 0 Å². The van der Waals surface area contributed by atoms with Crippen LogP contribution in [-0.2, 0) is 14.3 Å². The number of hydroxylamine groups is 1. The maximum absolute atomic E-state index is 11.1. The quantitative estimate of drug-likeness (QED) is 0.449. The first-order chi connectivity index (χ1) is 9.99. The van der Waals surface area contributed by atoms with Crippen LogP contribution >= 0.6 is 0 Å². The molecule has 0 aliphatic heterocycles. The number of hydrogen-bond donors (Lipinski definition) is 2. The molecule has 0 amide bonds. The molecule has 0 unspecified atom stereocenters. The summed E-state index contributed by atoms with van der Waals surface area (Å²) in [5.41, 5.74) is 0.936. The normalized spacial score (nSPS) is 15.2. The molecule has 2 N–H and O–H groups in total. The van der Waals surface area contributed by atoms with Crippen LogP contribution in [0.1, 0.15) is 12.8 Å². The van der Waals surface area contributed by atoms with Crippen molar-refractivity contribution in [3.8, 4) is 5.75 Å². The third-order valence-corrected chi connectivity index (χ3v) is 3.35. The van der Waals surface area contributed by atoms with Crippen molar-refractivity contribution in [1.29, 1.82) is 0 Å². The van der Waals surface area contributed by atoms with Crippen molar-refractivity contribution < 1.29 is 24.2 Å². The standard InChI is InChI=1S/C14H20N2O5/c1-16(18)11-8-10(15-14(20-3)6-7-14)4-5-12(11)21-9-13(17)19-2/h4-5,8,15,18H,6-7,9H2,1-3H3. The molecule has 0 spiro atoms. The molecule has 0 aromatic heterocycles.